The predicted octanol–water partition coefficient (Wildman–Crippen LogP) is 3.73. The predicted molar refractivity (Wildman–Crippen MR) is 87.9 cm³/mol. The SMILES string of the molecule is O=C(NCCCCCN1CCCCC1)c1ccccc1Cl. The van der Waals surface area contributed by atoms with Crippen LogP contribution in [-0.4, -0.2) is 37.0 Å². The summed E-state index contributed by atoms with van der Waals surface area (Å²) >= 11 is 6.00. The van der Waals surface area contributed by atoms with Crippen molar-refractivity contribution in [2.45, 2.75) is 38.5 Å². The summed E-state index contributed by atoms with van der Waals surface area (Å²) in [5.74, 6) is -0.0726. The molecule has 1 fully saturated rings. The van der Waals surface area contributed by atoms with Gasteiger partial charge in [-0.05, 0) is 57.5 Å². The van der Waals surface area contributed by atoms with Crippen molar-refractivity contribution in [3.05, 3.63) is 34.9 Å². The topological polar surface area (TPSA) is 32.3 Å². The fourth-order valence-electron chi connectivity index (χ4n) is 2.76. The maximum atomic E-state index is 11.9. The van der Waals surface area contributed by atoms with Crippen LogP contribution in [0.4, 0.5) is 0 Å². The summed E-state index contributed by atoms with van der Waals surface area (Å²) < 4.78 is 0. The van der Waals surface area contributed by atoms with Crippen molar-refractivity contribution >= 4 is 17.5 Å². The van der Waals surface area contributed by atoms with Crippen LogP contribution in [0.5, 0.6) is 0 Å². The average Bonchev–Trinajstić information content (AvgIpc) is 2.52. The van der Waals surface area contributed by atoms with E-state index in [0.29, 0.717) is 10.6 Å². The summed E-state index contributed by atoms with van der Waals surface area (Å²) in [5, 5.41) is 3.46. The molecule has 21 heavy (non-hydrogen) atoms. The van der Waals surface area contributed by atoms with Crippen molar-refractivity contribution in [3.63, 3.8) is 0 Å². The molecule has 0 bridgehead atoms. The molecular formula is C17H25ClN2O. The number of unbranched alkanes of at least 4 members (excludes halogenated alkanes) is 2. The third kappa shape index (κ3) is 5.68. The molecule has 116 valence electrons. The largest absolute Gasteiger partial charge is 0.352 e. The van der Waals surface area contributed by atoms with Crippen LogP contribution in [0.25, 0.3) is 0 Å². The van der Waals surface area contributed by atoms with Gasteiger partial charge in [0.25, 0.3) is 5.91 Å². The van der Waals surface area contributed by atoms with Gasteiger partial charge in [-0.25, -0.2) is 0 Å². The number of carbonyl (C=O) groups excluding carboxylic acids is 1. The van der Waals surface area contributed by atoms with E-state index in [4.69, 9.17) is 11.6 Å². The normalized spacial score (nSPS) is 15.9. The van der Waals surface area contributed by atoms with E-state index >= 15 is 0 Å². The van der Waals surface area contributed by atoms with Gasteiger partial charge in [0, 0.05) is 6.54 Å². The zero-order valence-electron chi connectivity index (χ0n) is 12.6. The molecule has 0 saturated carbocycles. The van der Waals surface area contributed by atoms with E-state index in [9.17, 15) is 4.79 Å². The molecule has 1 aliphatic rings. The van der Waals surface area contributed by atoms with Crippen LogP contribution in [0.1, 0.15) is 48.9 Å². The summed E-state index contributed by atoms with van der Waals surface area (Å²) in [4.78, 5) is 14.5. The number of piperidine rings is 1. The molecule has 1 amide bonds. The molecule has 0 radical (unpaired) electrons. The first kappa shape index (κ1) is 16.3. The number of carbonyl (C=O) groups is 1. The highest BCUT2D eigenvalue weighted by molar-refractivity contribution is 6.33. The van der Waals surface area contributed by atoms with Gasteiger partial charge in [0.05, 0.1) is 10.6 Å². The number of likely N-dealkylation sites (tertiary alicyclic amines) is 1. The van der Waals surface area contributed by atoms with Crippen molar-refractivity contribution in [2.75, 3.05) is 26.2 Å². The monoisotopic (exact) mass is 308 g/mol. The first-order chi connectivity index (χ1) is 10.3. The van der Waals surface area contributed by atoms with Crippen molar-refractivity contribution in [2.24, 2.45) is 0 Å². The molecule has 0 aliphatic carbocycles. The van der Waals surface area contributed by atoms with Gasteiger partial charge in [0.15, 0.2) is 0 Å². The van der Waals surface area contributed by atoms with Crippen LogP contribution < -0.4 is 5.32 Å². The molecule has 2 rings (SSSR count). The van der Waals surface area contributed by atoms with Gasteiger partial charge < -0.3 is 10.2 Å². The molecule has 1 saturated heterocycles. The first-order valence-electron chi connectivity index (χ1n) is 8.02. The van der Waals surface area contributed by atoms with E-state index in [1.54, 1.807) is 12.1 Å². The quantitative estimate of drug-likeness (QED) is 0.779. The number of hydrogen-bond acceptors (Lipinski definition) is 2. The van der Waals surface area contributed by atoms with Gasteiger partial charge in [-0.2, -0.15) is 0 Å². The Kier molecular flexibility index (Phi) is 7.04. The third-order valence-electron chi connectivity index (χ3n) is 4.00. The van der Waals surface area contributed by atoms with E-state index in [1.165, 1.54) is 51.7 Å². The average molecular weight is 309 g/mol. The lowest BCUT2D eigenvalue weighted by Crippen LogP contribution is -2.30. The molecule has 1 N–H and O–H groups in total. The van der Waals surface area contributed by atoms with E-state index in [-0.39, 0.29) is 5.91 Å². The van der Waals surface area contributed by atoms with Crippen LogP contribution in [0, 0.1) is 0 Å². The van der Waals surface area contributed by atoms with E-state index in [2.05, 4.69) is 10.2 Å². The summed E-state index contributed by atoms with van der Waals surface area (Å²) in [6.07, 6.45) is 7.53. The van der Waals surface area contributed by atoms with Crippen LogP contribution in [-0.2, 0) is 0 Å². The summed E-state index contributed by atoms with van der Waals surface area (Å²) in [6, 6.07) is 7.17. The second-order valence-electron chi connectivity index (χ2n) is 5.70. The minimum absolute atomic E-state index is 0.0726. The van der Waals surface area contributed by atoms with Crippen LogP contribution >= 0.6 is 11.6 Å². The Hall–Kier alpha value is -1.06. The maximum absolute atomic E-state index is 11.9. The first-order valence-corrected chi connectivity index (χ1v) is 8.40. The highest BCUT2D eigenvalue weighted by atomic mass is 35.5. The number of benzene rings is 1. The second-order valence-corrected chi connectivity index (χ2v) is 6.11. The van der Waals surface area contributed by atoms with Gasteiger partial charge in [-0.15, -0.1) is 0 Å². The van der Waals surface area contributed by atoms with Crippen molar-refractivity contribution in [1.29, 1.82) is 0 Å². The number of nitrogens with one attached hydrogen (secondary N) is 1. The molecule has 3 nitrogen and oxygen atoms in total. The fourth-order valence-corrected chi connectivity index (χ4v) is 2.98. The molecule has 4 heteroatoms. The highest BCUT2D eigenvalue weighted by Gasteiger charge is 2.10. The molecule has 0 aromatic heterocycles. The molecule has 1 heterocycles. The number of rotatable bonds is 7. The van der Waals surface area contributed by atoms with Gasteiger partial charge >= 0.3 is 0 Å². The smallest absolute Gasteiger partial charge is 0.252 e. The Bertz CT molecular complexity index is 444. The minimum atomic E-state index is -0.0726. The van der Waals surface area contributed by atoms with E-state index < -0.39 is 0 Å². The number of nitrogens with zero attached hydrogens (tertiary/aromatic N) is 1. The molecule has 0 atom stereocenters. The minimum Gasteiger partial charge on any atom is -0.352 e. The van der Waals surface area contributed by atoms with Crippen molar-refractivity contribution < 1.29 is 4.79 Å². The molecule has 1 aliphatic heterocycles. The Morgan fingerprint density at radius 1 is 1.10 bits per heavy atom. The summed E-state index contributed by atoms with van der Waals surface area (Å²) in [5.41, 5.74) is 0.562. The Morgan fingerprint density at radius 2 is 1.86 bits per heavy atom. The fraction of sp³-hybridized carbons (Fsp3) is 0.588. The number of halogens is 1. The zero-order chi connectivity index (χ0) is 14.9. The second kappa shape index (κ2) is 9.06. The van der Waals surface area contributed by atoms with Crippen LogP contribution in [0.2, 0.25) is 5.02 Å². The lowest BCUT2D eigenvalue weighted by atomic mass is 10.1. The van der Waals surface area contributed by atoms with Gasteiger partial charge in [0.2, 0.25) is 0 Å². The van der Waals surface area contributed by atoms with Crippen LogP contribution in [0.3, 0.4) is 0 Å². The molecule has 1 aromatic carbocycles. The lowest BCUT2D eigenvalue weighted by molar-refractivity contribution is 0.0953. The van der Waals surface area contributed by atoms with Gasteiger partial charge in [0.1, 0.15) is 0 Å². The van der Waals surface area contributed by atoms with Gasteiger partial charge in [-0.1, -0.05) is 36.6 Å². The lowest BCUT2D eigenvalue weighted by Gasteiger charge is -2.26. The Morgan fingerprint density at radius 3 is 2.62 bits per heavy atom. The number of hydrogen-bond donors (Lipinski definition) is 1. The van der Waals surface area contributed by atoms with Crippen LogP contribution in [0.15, 0.2) is 24.3 Å². The third-order valence-corrected chi connectivity index (χ3v) is 4.33. The van der Waals surface area contributed by atoms with E-state index in [1.807, 2.05) is 12.1 Å². The highest BCUT2D eigenvalue weighted by Crippen LogP contribution is 2.14. The van der Waals surface area contributed by atoms with Crippen molar-refractivity contribution in [3.8, 4) is 0 Å². The maximum Gasteiger partial charge on any atom is 0.252 e. The standard InChI is InChI=1S/C17H25ClN2O/c18-16-10-4-3-9-15(16)17(21)19-11-5-1-6-12-20-13-7-2-8-14-20/h3-4,9-10H,1-2,5-8,11-14H2,(H,19,21). The Balaban J connectivity index is 1.55. The summed E-state index contributed by atoms with van der Waals surface area (Å²) in [7, 11) is 0. The zero-order valence-corrected chi connectivity index (χ0v) is 13.4. The van der Waals surface area contributed by atoms with Gasteiger partial charge in [-0.3, -0.25) is 4.79 Å². The summed E-state index contributed by atoms with van der Waals surface area (Å²) in [6.45, 7) is 4.47. The van der Waals surface area contributed by atoms with Crippen molar-refractivity contribution in [1.82, 2.24) is 10.2 Å². The molecule has 1 aromatic rings. The number of amides is 1. The molecule has 0 unspecified atom stereocenters. The van der Waals surface area contributed by atoms with E-state index in [0.717, 1.165) is 13.0 Å². The Labute approximate surface area is 132 Å². The molecule has 0 spiro atoms. The molecular weight excluding hydrogens is 284 g/mol.